The average molecular weight is 323 g/mol. The number of rotatable bonds is 2. The standard InChI is InChI=1S/C24H21N/c1-16-8-5-11-18(16)24(19-12-6-9-17(19)2)20-10-3-4-14-22(20)25-23-15-7-13-21(23)24/h3-8,10,12,14-15,25H,11,13H2,1-2H3. The fraction of sp³-hybridized carbons (Fsp3) is 0.208. The van der Waals surface area contributed by atoms with Gasteiger partial charge >= 0.3 is 0 Å². The van der Waals surface area contributed by atoms with Gasteiger partial charge in [0.2, 0.25) is 0 Å². The molecule has 0 amide bonds. The molecule has 0 spiro atoms. The molecule has 1 aromatic rings. The van der Waals surface area contributed by atoms with Crippen LogP contribution in [0.15, 0.2) is 100 Å². The molecule has 1 aliphatic heterocycles. The first kappa shape index (κ1) is 14.6. The Balaban J connectivity index is 1.90. The topological polar surface area (TPSA) is 12.0 Å². The molecular weight excluding hydrogens is 302 g/mol. The first-order valence-electron chi connectivity index (χ1n) is 9.01. The van der Waals surface area contributed by atoms with Gasteiger partial charge in [0, 0.05) is 11.4 Å². The molecule has 0 aromatic heterocycles. The Hall–Kier alpha value is -2.76. The van der Waals surface area contributed by atoms with Gasteiger partial charge in [-0.1, -0.05) is 42.0 Å². The number of hydrogen-bond acceptors (Lipinski definition) is 1. The van der Waals surface area contributed by atoms with Crippen LogP contribution in [0, 0.1) is 0 Å². The molecular formula is C24H21N. The minimum Gasteiger partial charge on any atom is -0.355 e. The van der Waals surface area contributed by atoms with Gasteiger partial charge in [0.25, 0.3) is 0 Å². The van der Waals surface area contributed by atoms with Crippen LogP contribution in [-0.4, -0.2) is 0 Å². The van der Waals surface area contributed by atoms with Gasteiger partial charge in [0.1, 0.15) is 0 Å². The van der Waals surface area contributed by atoms with Crippen molar-refractivity contribution in [1.82, 2.24) is 0 Å². The summed E-state index contributed by atoms with van der Waals surface area (Å²) in [4.78, 5) is 0. The van der Waals surface area contributed by atoms with Gasteiger partial charge < -0.3 is 5.32 Å². The quantitative estimate of drug-likeness (QED) is 0.670. The molecule has 3 aliphatic carbocycles. The summed E-state index contributed by atoms with van der Waals surface area (Å²) in [5.74, 6) is 0. The number of hydrogen-bond donors (Lipinski definition) is 1. The van der Waals surface area contributed by atoms with Gasteiger partial charge in [0.15, 0.2) is 0 Å². The third kappa shape index (κ3) is 1.79. The summed E-state index contributed by atoms with van der Waals surface area (Å²) < 4.78 is 0. The number of nitrogens with one attached hydrogen (secondary N) is 1. The summed E-state index contributed by atoms with van der Waals surface area (Å²) in [6.45, 7) is 4.46. The molecule has 1 atom stereocenters. The number of para-hydroxylation sites is 1. The Kier molecular flexibility index (Phi) is 2.98. The Morgan fingerprint density at radius 3 is 2.56 bits per heavy atom. The minimum absolute atomic E-state index is 0.182. The smallest absolute Gasteiger partial charge is 0.0685 e. The Morgan fingerprint density at radius 1 is 1.00 bits per heavy atom. The lowest BCUT2D eigenvalue weighted by Gasteiger charge is -2.45. The van der Waals surface area contributed by atoms with Crippen LogP contribution in [0.2, 0.25) is 0 Å². The maximum atomic E-state index is 3.67. The molecule has 1 aromatic carbocycles. The van der Waals surface area contributed by atoms with Crippen LogP contribution in [-0.2, 0) is 5.41 Å². The minimum atomic E-state index is -0.182. The van der Waals surface area contributed by atoms with Crippen molar-refractivity contribution in [3.63, 3.8) is 0 Å². The largest absolute Gasteiger partial charge is 0.355 e. The van der Waals surface area contributed by atoms with Gasteiger partial charge in [0.05, 0.1) is 5.41 Å². The molecule has 25 heavy (non-hydrogen) atoms. The van der Waals surface area contributed by atoms with E-state index in [0.717, 1.165) is 12.8 Å². The third-order valence-electron chi connectivity index (χ3n) is 5.96. The molecule has 1 heteroatoms. The number of anilines is 1. The summed E-state index contributed by atoms with van der Waals surface area (Å²) in [5, 5.41) is 3.67. The summed E-state index contributed by atoms with van der Waals surface area (Å²) in [5.41, 5.74) is 14.1. The van der Waals surface area contributed by atoms with Crippen molar-refractivity contribution in [2.75, 3.05) is 5.32 Å². The van der Waals surface area contributed by atoms with Crippen LogP contribution in [0.1, 0.15) is 32.3 Å². The fourth-order valence-electron chi connectivity index (χ4n) is 4.94. The molecule has 1 unspecified atom stereocenters. The van der Waals surface area contributed by atoms with Crippen molar-refractivity contribution in [2.24, 2.45) is 0 Å². The summed E-state index contributed by atoms with van der Waals surface area (Å²) in [6, 6.07) is 8.80. The maximum absolute atomic E-state index is 3.67. The molecule has 0 radical (unpaired) electrons. The first-order valence-corrected chi connectivity index (χ1v) is 9.01. The summed E-state index contributed by atoms with van der Waals surface area (Å²) in [7, 11) is 0. The molecule has 1 N–H and O–H groups in total. The van der Waals surface area contributed by atoms with E-state index in [-0.39, 0.29) is 5.41 Å². The van der Waals surface area contributed by atoms with Gasteiger partial charge in [-0.2, -0.15) is 0 Å². The van der Waals surface area contributed by atoms with Crippen molar-refractivity contribution in [3.8, 4) is 0 Å². The number of benzene rings is 1. The number of fused-ring (bicyclic) bond motifs is 1. The monoisotopic (exact) mass is 323 g/mol. The van der Waals surface area contributed by atoms with Gasteiger partial charge in [-0.15, -0.1) is 5.73 Å². The van der Waals surface area contributed by atoms with Crippen LogP contribution in [0.4, 0.5) is 5.69 Å². The van der Waals surface area contributed by atoms with E-state index in [0.29, 0.717) is 0 Å². The third-order valence-corrected chi connectivity index (χ3v) is 5.96. The summed E-state index contributed by atoms with van der Waals surface area (Å²) in [6.07, 6.45) is 15.5. The van der Waals surface area contributed by atoms with Crippen LogP contribution < -0.4 is 5.32 Å². The normalized spacial score (nSPS) is 26.0. The van der Waals surface area contributed by atoms with E-state index in [1.54, 1.807) is 0 Å². The van der Waals surface area contributed by atoms with E-state index in [1.165, 1.54) is 44.8 Å². The lowest BCUT2D eigenvalue weighted by Crippen LogP contribution is -2.38. The fourth-order valence-corrected chi connectivity index (χ4v) is 4.94. The SMILES string of the molecule is CC1=C=CC=C1C1(C2=C(C)C=CC2)C2=C(C=CC2)Nc2ccccc21. The molecule has 0 saturated carbocycles. The Labute approximate surface area is 149 Å². The molecule has 5 rings (SSSR count). The van der Waals surface area contributed by atoms with E-state index < -0.39 is 0 Å². The van der Waals surface area contributed by atoms with Crippen molar-refractivity contribution in [3.05, 3.63) is 106 Å². The van der Waals surface area contributed by atoms with Crippen LogP contribution >= 0.6 is 0 Å². The van der Waals surface area contributed by atoms with E-state index in [9.17, 15) is 0 Å². The van der Waals surface area contributed by atoms with Crippen LogP contribution in [0.5, 0.6) is 0 Å². The van der Waals surface area contributed by atoms with Crippen molar-refractivity contribution >= 4 is 5.69 Å². The molecule has 0 bridgehead atoms. The average Bonchev–Trinajstić information content (AvgIpc) is 3.35. The van der Waals surface area contributed by atoms with Gasteiger partial charge in [-0.25, -0.2) is 0 Å². The highest BCUT2D eigenvalue weighted by molar-refractivity contribution is 5.78. The highest BCUT2D eigenvalue weighted by Crippen LogP contribution is 2.58. The van der Waals surface area contributed by atoms with E-state index >= 15 is 0 Å². The zero-order valence-corrected chi connectivity index (χ0v) is 14.7. The molecule has 1 heterocycles. The number of allylic oxidation sites excluding steroid dienone is 10. The second-order valence-electron chi connectivity index (χ2n) is 7.20. The molecule has 122 valence electrons. The van der Waals surface area contributed by atoms with E-state index in [4.69, 9.17) is 0 Å². The van der Waals surface area contributed by atoms with Crippen LogP contribution in [0.25, 0.3) is 0 Å². The van der Waals surface area contributed by atoms with E-state index in [2.05, 4.69) is 85.6 Å². The lowest BCUT2D eigenvalue weighted by molar-refractivity contribution is 0.657. The van der Waals surface area contributed by atoms with E-state index in [1.807, 2.05) is 0 Å². The molecule has 4 aliphatic rings. The Bertz CT molecular complexity index is 1010. The second kappa shape index (κ2) is 5.12. The Morgan fingerprint density at radius 2 is 1.80 bits per heavy atom. The van der Waals surface area contributed by atoms with Crippen LogP contribution in [0.3, 0.4) is 0 Å². The van der Waals surface area contributed by atoms with Crippen molar-refractivity contribution in [1.29, 1.82) is 0 Å². The lowest BCUT2D eigenvalue weighted by atomic mass is 9.59. The van der Waals surface area contributed by atoms with Crippen molar-refractivity contribution < 1.29 is 0 Å². The second-order valence-corrected chi connectivity index (χ2v) is 7.20. The maximum Gasteiger partial charge on any atom is 0.0685 e. The zero-order chi connectivity index (χ0) is 17.0. The van der Waals surface area contributed by atoms with Crippen molar-refractivity contribution in [2.45, 2.75) is 32.1 Å². The molecule has 1 nitrogen and oxygen atoms in total. The highest BCUT2D eigenvalue weighted by Gasteiger charge is 2.49. The summed E-state index contributed by atoms with van der Waals surface area (Å²) >= 11 is 0. The highest BCUT2D eigenvalue weighted by atomic mass is 14.9. The zero-order valence-electron chi connectivity index (χ0n) is 14.7. The molecule has 0 fully saturated rings. The predicted octanol–water partition coefficient (Wildman–Crippen LogP) is 5.88. The predicted molar refractivity (Wildman–Crippen MR) is 104 cm³/mol. The van der Waals surface area contributed by atoms with Gasteiger partial charge in [-0.3, -0.25) is 0 Å². The molecule has 0 saturated heterocycles. The first-order chi connectivity index (χ1) is 12.2. The van der Waals surface area contributed by atoms with Gasteiger partial charge in [-0.05, 0) is 78.8 Å².